The van der Waals surface area contributed by atoms with E-state index in [2.05, 4.69) is 4.98 Å². The van der Waals surface area contributed by atoms with E-state index < -0.39 is 5.97 Å². The molecule has 2 aromatic heterocycles. The molecule has 0 atom stereocenters. The van der Waals surface area contributed by atoms with Gasteiger partial charge in [-0.15, -0.1) is 11.3 Å². The van der Waals surface area contributed by atoms with Crippen LogP contribution in [0.2, 0.25) is 4.34 Å². The number of carboxylic acids is 1. The summed E-state index contributed by atoms with van der Waals surface area (Å²) in [6.07, 6.45) is 1.12. The number of hydrogen-bond acceptors (Lipinski definition) is 4. The molecule has 0 bridgehead atoms. The molecule has 0 saturated carbocycles. The summed E-state index contributed by atoms with van der Waals surface area (Å²) in [6.45, 7) is 0. The van der Waals surface area contributed by atoms with Crippen LogP contribution in [0.1, 0.15) is 10.4 Å². The molecule has 0 aliphatic heterocycles. The van der Waals surface area contributed by atoms with Crippen molar-refractivity contribution in [3.05, 3.63) is 34.3 Å². The Morgan fingerprint density at radius 1 is 1.44 bits per heavy atom. The number of halogens is 1. The standard InChI is InChI=1S/C10H6ClNO3S/c11-9-2-1-8(16-9)6-3-5(10(14)15)7(13)4-12-6/h1-4,13H,(H,14,15). The highest BCUT2D eigenvalue weighted by molar-refractivity contribution is 7.19. The largest absolute Gasteiger partial charge is 0.505 e. The van der Waals surface area contributed by atoms with E-state index in [9.17, 15) is 9.90 Å². The zero-order valence-electron chi connectivity index (χ0n) is 7.85. The maximum atomic E-state index is 10.8. The van der Waals surface area contributed by atoms with Gasteiger partial charge < -0.3 is 10.2 Å². The van der Waals surface area contributed by atoms with Crippen LogP contribution in [0.25, 0.3) is 10.6 Å². The normalized spacial score (nSPS) is 10.3. The van der Waals surface area contributed by atoms with Crippen LogP contribution in [0.5, 0.6) is 5.75 Å². The molecule has 2 heterocycles. The molecule has 0 fully saturated rings. The Balaban J connectivity index is 2.51. The van der Waals surface area contributed by atoms with Crippen molar-refractivity contribution in [1.82, 2.24) is 4.98 Å². The second-order valence-electron chi connectivity index (χ2n) is 3.00. The van der Waals surface area contributed by atoms with E-state index in [0.717, 1.165) is 11.1 Å². The molecule has 0 unspecified atom stereocenters. The van der Waals surface area contributed by atoms with E-state index in [4.69, 9.17) is 16.7 Å². The predicted molar refractivity (Wildman–Crippen MR) is 61.2 cm³/mol. The van der Waals surface area contributed by atoms with E-state index >= 15 is 0 Å². The Bertz CT molecular complexity index is 553. The molecule has 0 radical (unpaired) electrons. The third-order valence-corrected chi connectivity index (χ3v) is 3.19. The number of pyridine rings is 1. The lowest BCUT2D eigenvalue weighted by Crippen LogP contribution is -1.98. The molecule has 4 nitrogen and oxygen atoms in total. The van der Waals surface area contributed by atoms with Gasteiger partial charge in [0.25, 0.3) is 0 Å². The van der Waals surface area contributed by atoms with Gasteiger partial charge in [0.1, 0.15) is 11.3 Å². The quantitative estimate of drug-likeness (QED) is 0.866. The van der Waals surface area contributed by atoms with E-state index in [1.165, 1.54) is 17.4 Å². The molecule has 0 spiro atoms. The van der Waals surface area contributed by atoms with Gasteiger partial charge in [0, 0.05) is 0 Å². The average molecular weight is 256 g/mol. The smallest absolute Gasteiger partial charge is 0.339 e. The second-order valence-corrected chi connectivity index (χ2v) is 4.71. The van der Waals surface area contributed by atoms with Gasteiger partial charge in [-0.2, -0.15) is 0 Å². The maximum absolute atomic E-state index is 10.8. The van der Waals surface area contributed by atoms with E-state index in [1.54, 1.807) is 12.1 Å². The molecular weight excluding hydrogens is 250 g/mol. The van der Waals surface area contributed by atoms with Gasteiger partial charge in [0.05, 0.1) is 21.1 Å². The fourth-order valence-corrected chi connectivity index (χ4v) is 2.22. The number of aromatic hydroxyl groups is 1. The van der Waals surface area contributed by atoms with E-state index in [0.29, 0.717) is 10.0 Å². The summed E-state index contributed by atoms with van der Waals surface area (Å²) in [6, 6.07) is 4.77. The Hall–Kier alpha value is -1.59. The van der Waals surface area contributed by atoms with Crippen molar-refractivity contribution < 1.29 is 15.0 Å². The minimum Gasteiger partial charge on any atom is -0.505 e. The molecule has 16 heavy (non-hydrogen) atoms. The van der Waals surface area contributed by atoms with Gasteiger partial charge in [0.2, 0.25) is 0 Å². The first-order valence-corrected chi connectivity index (χ1v) is 5.45. The Labute approximate surface area is 99.8 Å². The zero-order chi connectivity index (χ0) is 11.7. The van der Waals surface area contributed by atoms with Crippen LogP contribution < -0.4 is 0 Å². The Kier molecular flexibility index (Phi) is 2.80. The molecule has 0 saturated heterocycles. The first-order valence-electron chi connectivity index (χ1n) is 4.26. The number of carbonyl (C=O) groups is 1. The van der Waals surface area contributed by atoms with E-state index in [1.807, 2.05) is 0 Å². The summed E-state index contributed by atoms with van der Waals surface area (Å²) < 4.78 is 0.599. The van der Waals surface area contributed by atoms with Crippen LogP contribution in [-0.4, -0.2) is 21.2 Å². The summed E-state index contributed by atoms with van der Waals surface area (Å²) in [4.78, 5) is 15.5. The monoisotopic (exact) mass is 255 g/mol. The molecule has 2 N–H and O–H groups in total. The minimum absolute atomic E-state index is 0.172. The van der Waals surface area contributed by atoms with Crippen LogP contribution in [0.3, 0.4) is 0 Å². The van der Waals surface area contributed by atoms with Crippen LogP contribution in [0.15, 0.2) is 24.4 Å². The molecule has 0 aliphatic carbocycles. The van der Waals surface area contributed by atoms with Crippen molar-refractivity contribution in [2.24, 2.45) is 0 Å². The molecular formula is C10H6ClNO3S. The second kappa shape index (κ2) is 4.11. The van der Waals surface area contributed by atoms with Crippen molar-refractivity contribution in [2.75, 3.05) is 0 Å². The van der Waals surface area contributed by atoms with Crippen molar-refractivity contribution in [2.45, 2.75) is 0 Å². The van der Waals surface area contributed by atoms with Gasteiger partial charge in [-0.25, -0.2) is 4.79 Å². The maximum Gasteiger partial charge on any atom is 0.339 e. The summed E-state index contributed by atoms with van der Waals surface area (Å²) in [5, 5.41) is 18.1. The van der Waals surface area contributed by atoms with Crippen molar-refractivity contribution in [1.29, 1.82) is 0 Å². The highest BCUT2D eigenvalue weighted by Gasteiger charge is 2.12. The zero-order valence-corrected chi connectivity index (χ0v) is 9.42. The summed E-state index contributed by atoms with van der Waals surface area (Å²) in [5.41, 5.74) is 0.307. The number of hydrogen-bond donors (Lipinski definition) is 2. The molecule has 2 aromatic rings. The lowest BCUT2D eigenvalue weighted by molar-refractivity contribution is 0.0693. The number of carboxylic acid groups (broad SMARTS) is 1. The van der Waals surface area contributed by atoms with Gasteiger partial charge in [-0.05, 0) is 18.2 Å². The molecule has 6 heteroatoms. The fraction of sp³-hybridized carbons (Fsp3) is 0. The summed E-state index contributed by atoms with van der Waals surface area (Å²) in [5.74, 6) is -1.54. The van der Waals surface area contributed by atoms with Gasteiger partial charge in [-0.1, -0.05) is 11.6 Å². The van der Waals surface area contributed by atoms with Crippen LogP contribution in [-0.2, 0) is 0 Å². The molecule has 0 amide bonds. The summed E-state index contributed by atoms with van der Waals surface area (Å²) >= 11 is 7.06. The number of aromatic nitrogens is 1. The number of thiophene rings is 1. The highest BCUT2D eigenvalue weighted by atomic mass is 35.5. The number of rotatable bonds is 2. The average Bonchev–Trinajstić information content (AvgIpc) is 2.65. The van der Waals surface area contributed by atoms with Gasteiger partial charge in [-0.3, -0.25) is 4.98 Å². The van der Waals surface area contributed by atoms with Gasteiger partial charge in [0.15, 0.2) is 0 Å². The van der Waals surface area contributed by atoms with E-state index in [-0.39, 0.29) is 11.3 Å². The van der Waals surface area contributed by atoms with Crippen LogP contribution in [0, 0.1) is 0 Å². The lowest BCUT2D eigenvalue weighted by atomic mass is 10.2. The minimum atomic E-state index is -1.19. The third-order valence-electron chi connectivity index (χ3n) is 1.94. The SMILES string of the molecule is O=C(O)c1cc(-c2ccc(Cl)s2)ncc1O. The van der Waals surface area contributed by atoms with Crippen LogP contribution in [0.4, 0.5) is 0 Å². The molecule has 2 rings (SSSR count). The molecule has 82 valence electrons. The van der Waals surface area contributed by atoms with Gasteiger partial charge >= 0.3 is 5.97 Å². The first-order chi connectivity index (χ1) is 7.58. The van der Waals surface area contributed by atoms with Crippen LogP contribution >= 0.6 is 22.9 Å². The Morgan fingerprint density at radius 3 is 2.75 bits per heavy atom. The first kappa shape index (κ1) is 10.9. The van der Waals surface area contributed by atoms with Crippen molar-refractivity contribution >= 4 is 28.9 Å². The molecule has 0 aromatic carbocycles. The number of aromatic carboxylic acids is 1. The molecule has 0 aliphatic rings. The highest BCUT2D eigenvalue weighted by Crippen LogP contribution is 2.31. The predicted octanol–water partition coefficient (Wildman–Crippen LogP) is 2.87. The topological polar surface area (TPSA) is 70.4 Å². The summed E-state index contributed by atoms with van der Waals surface area (Å²) in [7, 11) is 0. The lowest BCUT2D eigenvalue weighted by Gasteiger charge is -2.01. The van der Waals surface area contributed by atoms with Crippen molar-refractivity contribution in [3.63, 3.8) is 0 Å². The fourth-order valence-electron chi connectivity index (χ4n) is 1.21. The third kappa shape index (κ3) is 2.00. The number of nitrogens with zero attached hydrogens (tertiary/aromatic N) is 1. The Morgan fingerprint density at radius 2 is 2.19 bits per heavy atom. The van der Waals surface area contributed by atoms with Crippen molar-refractivity contribution in [3.8, 4) is 16.3 Å².